The highest BCUT2D eigenvalue weighted by molar-refractivity contribution is 7.92. The number of nitrogens with one attached hydrogen (secondary N) is 1. The Kier molecular flexibility index (Phi) is 6.91. The smallest absolute Gasteiger partial charge is 0.264 e. The van der Waals surface area contributed by atoms with Gasteiger partial charge in [-0.15, -0.1) is 0 Å². The van der Waals surface area contributed by atoms with Gasteiger partial charge in [0.05, 0.1) is 23.7 Å². The number of amides is 1. The fourth-order valence-corrected chi connectivity index (χ4v) is 4.46. The lowest BCUT2D eigenvalue weighted by Crippen LogP contribution is -2.41. The van der Waals surface area contributed by atoms with Crippen molar-refractivity contribution in [1.82, 2.24) is 5.32 Å². The molecule has 1 amide bonds. The average Bonchev–Trinajstić information content (AvgIpc) is 2.78. The van der Waals surface area contributed by atoms with Crippen molar-refractivity contribution in [3.05, 3.63) is 90.2 Å². The number of para-hydroxylation sites is 1. The minimum Gasteiger partial charge on any atom is -0.497 e. The fraction of sp³-hybridized carbons (Fsp3) is 0.174. The van der Waals surface area contributed by atoms with Crippen LogP contribution in [0.1, 0.15) is 18.5 Å². The molecule has 0 spiro atoms. The summed E-state index contributed by atoms with van der Waals surface area (Å²) in [4.78, 5) is 12.8. The molecule has 31 heavy (non-hydrogen) atoms. The maximum Gasteiger partial charge on any atom is 0.264 e. The zero-order chi connectivity index (χ0) is 22.4. The Labute approximate surface area is 181 Å². The van der Waals surface area contributed by atoms with E-state index in [0.29, 0.717) is 17.0 Å². The molecule has 3 aromatic rings. The summed E-state index contributed by atoms with van der Waals surface area (Å²) in [7, 11) is -2.52. The van der Waals surface area contributed by atoms with E-state index in [-0.39, 0.29) is 10.7 Å². The van der Waals surface area contributed by atoms with E-state index < -0.39 is 28.5 Å². The zero-order valence-electron chi connectivity index (χ0n) is 17.2. The van der Waals surface area contributed by atoms with Crippen molar-refractivity contribution in [3.8, 4) is 5.75 Å². The van der Waals surface area contributed by atoms with E-state index in [1.165, 1.54) is 31.4 Å². The molecule has 1 atom stereocenters. The van der Waals surface area contributed by atoms with Crippen LogP contribution in [0.15, 0.2) is 83.8 Å². The summed E-state index contributed by atoms with van der Waals surface area (Å²) in [6.45, 7) is 1.33. The van der Waals surface area contributed by atoms with Gasteiger partial charge in [0.15, 0.2) is 0 Å². The Balaban J connectivity index is 1.85. The van der Waals surface area contributed by atoms with E-state index in [1.54, 1.807) is 61.5 Å². The van der Waals surface area contributed by atoms with Crippen molar-refractivity contribution in [2.24, 2.45) is 0 Å². The first-order chi connectivity index (χ1) is 14.8. The number of rotatable bonds is 8. The molecule has 0 aliphatic heterocycles. The molecular formula is C23H23FN2O4S. The predicted molar refractivity (Wildman–Crippen MR) is 117 cm³/mol. The van der Waals surface area contributed by atoms with E-state index in [9.17, 15) is 17.6 Å². The number of sulfonamides is 1. The molecule has 1 N–H and O–H groups in total. The summed E-state index contributed by atoms with van der Waals surface area (Å²) in [5.41, 5.74) is 1.07. The largest absolute Gasteiger partial charge is 0.497 e. The van der Waals surface area contributed by atoms with Crippen LogP contribution in [0.2, 0.25) is 0 Å². The first kappa shape index (κ1) is 22.3. The molecule has 8 heteroatoms. The van der Waals surface area contributed by atoms with Gasteiger partial charge >= 0.3 is 0 Å². The molecule has 0 aliphatic rings. The van der Waals surface area contributed by atoms with Crippen LogP contribution in [0.4, 0.5) is 10.1 Å². The first-order valence-corrected chi connectivity index (χ1v) is 11.0. The van der Waals surface area contributed by atoms with E-state index in [0.717, 1.165) is 4.31 Å². The van der Waals surface area contributed by atoms with Gasteiger partial charge in [-0.05, 0) is 61.0 Å². The van der Waals surface area contributed by atoms with Gasteiger partial charge in [0, 0.05) is 0 Å². The van der Waals surface area contributed by atoms with E-state index >= 15 is 0 Å². The number of nitrogens with zero attached hydrogens (tertiary/aromatic N) is 1. The summed E-state index contributed by atoms with van der Waals surface area (Å²) >= 11 is 0. The van der Waals surface area contributed by atoms with Gasteiger partial charge in [-0.1, -0.05) is 30.3 Å². The molecule has 0 fully saturated rings. The number of halogens is 1. The molecule has 0 heterocycles. The molecular weight excluding hydrogens is 419 g/mol. The van der Waals surface area contributed by atoms with Crippen LogP contribution in [0, 0.1) is 5.82 Å². The van der Waals surface area contributed by atoms with Crippen molar-refractivity contribution in [2.75, 3.05) is 18.0 Å². The second-order valence-corrected chi connectivity index (χ2v) is 8.73. The number of ether oxygens (including phenoxy) is 1. The number of carbonyl (C=O) groups excluding carboxylic acids is 1. The van der Waals surface area contributed by atoms with Crippen molar-refractivity contribution < 1.29 is 22.3 Å². The van der Waals surface area contributed by atoms with Crippen molar-refractivity contribution in [2.45, 2.75) is 17.9 Å². The topological polar surface area (TPSA) is 75.7 Å². The number of carbonyl (C=O) groups is 1. The van der Waals surface area contributed by atoms with Crippen LogP contribution in [-0.4, -0.2) is 28.0 Å². The summed E-state index contributed by atoms with van der Waals surface area (Å²) in [5.74, 6) is -0.336. The second-order valence-electron chi connectivity index (χ2n) is 6.86. The second kappa shape index (κ2) is 9.61. The van der Waals surface area contributed by atoms with E-state index in [1.807, 2.05) is 0 Å². The normalized spacial score (nSPS) is 12.1. The molecule has 0 bridgehead atoms. The fourth-order valence-electron chi connectivity index (χ4n) is 3.04. The standard InChI is InChI=1S/C23H23FN2O4S/c1-17(18-8-10-19(24)11-9-18)25-23(27)16-26(20-6-4-3-5-7-20)31(28,29)22-14-12-21(30-2)13-15-22/h3-15,17H,16H2,1-2H3,(H,25,27)/t17-/m0/s1. The van der Waals surface area contributed by atoms with Gasteiger partial charge in [0.1, 0.15) is 18.1 Å². The lowest BCUT2D eigenvalue weighted by molar-refractivity contribution is -0.120. The van der Waals surface area contributed by atoms with E-state index in [4.69, 9.17) is 4.74 Å². The summed E-state index contributed by atoms with van der Waals surface area (Å²) in [6, 6.07) is 19.7. The van der Waals surface area contributed by atoms with Crippen molar-refractivity contribution in [1.29, 1.82) is 0 Å². The maximum atomic E-state index is 13.3. The van der Waals surface area contributed by atoms with Gasteiger partial charge in [-0.2, -0.15) is 0 Å². The minimum absolute atomic E-state index is 0.0385. The number of hydrogen-bond acceptors (Lipinski definition) is 4. The summed E-state index contributed by atoms with van der Waals surface area (Å²) in [6.07, 6.45) is 0. The van der Waals surface area contributed by atoms with Crippen molar-refractivity contribution in [3.63, 3.8) is 0 Å². The maximum absolute atomic E-state index is 13.3. The van der Waals surface area contributed by atoms with Crippen LogP contribution < -0.4 is 14.4 Å². The Morgan fingerprint density at radius 3 is 2.19 bits per heavy atom. The van der Waals surface area contributed by atoms with Crippen molar-refractivity contribution >= 4 is 21.6 Å². The van der Waals surface area contributed by atoms with Crippen LogP contribution in [0.3, 0.4) is 0 Å². The van der Waals surface area contributed by atoms with Gasteiger partial charge in [0.25, 0.3) is 10.0 Å². The molecule has 3 rings (SSSR count). The highest BCUT2D eigenvalue weighted by Gasteiger charge is 2.27. The average molecular weight is 443 g/mol. The lowest BCUT2D eigenvalue weighted by atomic mass is 10.1. The lowest BCUT2D eigenvalue weighted by Gasteiger charge is -2.25. The minimum atomic E-state index is -4.01. The van der Waals surface area contributed by atoms with Gasteiger partial charge in [-0.25, -0.2) is 12.8 Å². The van der Waals surface area contributed by atoms with E-state index in [2.05, 4.69) is 5.32 Å². The van der Waals surface area contributed by atoms with Gasteiger partial charge < -0.3 is 10.1 Å². The first-order valence-electron chi connectivity index (χ1n) is 9.58. The molecule has 0 saturated heterocycles. The SMILES string of the molecule is COc1ccc(S(=O)(=O)N(CC(=O)N[C@@H](C)c2ccc(F)cc2)c2ccccc2)cc1. The molecule has 162 valence electrons. The third kappa shape index (κ3) is 5.40. The van der Waals surface area contributed by atoms with Gasteiger partial charge in [0.2, 0.25) is 5.91 Å². The molecule has 6 nitrogen and oxygen atoms in total. The zero-order valence-corrected chi connectivity index (χ0v) is 18.0. The molecule has 3 aromatic carbocycles. The van der Waals surface area contributed by atoms with Crippen LogP contribution >= 0.6 is 0 Å². The third-order valence-corrected chi connectivity index (χ3v) is 6.51. The summed E-state index contributed by atoms with van der Waals surface area (Å²) < 4.78 is 45.9. The molecule has 0 aromatic heterocycles. The number of anilines is 1. The van der Waals surface area contributed by atoms with Crippen LogP contribution in [0.5, 0.6) is 5.75 Å². The Morgan fingerprint density at radius 1 is 1.00 bits per heavy atom. The van der Waals surface area contributed by atoms with Crippen LogP contribution in [-0.2, 0) is 14.8 Å². The Morgan fingerprint density at radius 2 is 1.61 bits per heavy atom. The third-order valence-electron chi connectivity index (χ3n) is 4.73. The molecule has 0 aliphatic carbocycles. The van der Waals surface area contributed by atoms with Crippen LogP contribution in [0.25, 0.3) is 0 Å². The van der Waals surface area contributed by atoms with Gasteiger partial charge in [-0.3, -0.25) is 9.10 Å². The Hall–Kier alpha value is -3.39. The quantitative estimate of drug-likeness (QED) is 0.574. The monoisotopic (exact) mass is 442 g/mol. The summed E-state index contributed by atoms with van der Waals surface area (Å²) in [5, 5.41) is 2.77. The number of hydrogen-bond donors (Lipinski definition) is 1. The predicted octanol–water partition coefficient (Wildman–Crippen LogP) is 3.91. The highest BCUT2D eigenvalue weighted by Crippen LogP contribution is 2.25. The Bertz CT molecular complexity index is 1120. The molecule has 0 unspecified atom stereocenters. The highest BCUT2D eigenvalue weighted by atomic mass is 32.2. The molecule has 0 saturated carbocycles. The molecule has 0 radical (unpaired) electrons. The number of methoxy groups -OCH3 is 1. The number of benzene rings is 3.